The van der Waals surface area contributed by atoms with Crippen LogP contribution in [0.15, 0.2) is 42.5 Å². The van der Waals surface area contributed by atoms with E-state index in [1.807, 2.05) is 42.2 Å². The zero-order valence-electron chi connectivity index (χ0n) is 17.5. The van der Waals surface area contributed by atoms with Crippen molar-refractivity contribution in [3.8, 4) is 0 Å². The van der Waals surface area contributed by atoms with Crippen LogP contribution in [0.5, 0.6) is 0 Å². The molecule has 0 N–H and O–H groups in total. The predicted molar refractivity (Wildman–Crippen MR) is 126 cm³/mol. The highest BCUT2D eigenvalue weighted by Gasteiger charge is 2.22. The summed E-state index contributed by atoms with van der Waals surface area (Å²) in [7, 11) is 0. The maximum absolute atomic E-state index is 13.4. The van der Waals surface area contributed by atoms with Gasteiger partial charge in [0.1, 0.15) is 0 Å². The average molecular weight is 446 g/mol. The number of nitrogens with zero attached hydrogens (tertiary/aromatic N) is 3. The van der Waals surface area contributed by atoms with Crippen molar-refractivity contribution < 1.29 is 9.53 Å². The number of rotatable bonds is 6. The van der Waals surface area contributed by atoms with E-state index < -0.39 is 0 Å². The van der Waals surface area contributed by atoms with Crippen molar-refractivity contribution in [3.63, 3.8) is 0 Å². The van der Waals surface area contributed by atoms with Crippen LogP contribution < -0.4 is 4.90 Å². The number of para-hydroxylation sites is 1. The summed E-state index contributed by atoms with van der Waals surface area (Å²) in [6.45, 7) is 9.22. The molecule has 1 aliphatic heterocycles. The van der Waals surface area contributed by atoms with Crippen molar-refractivity contribution in [3.05, 3.63) is 59.2 Å². The largest absolute Gasteiger partial charge is 0.379 e. The van der Waals surface area contributed by atoms with Crippen LogP contribution in [-0.2, 0) is 4.74 Å². The number of aryl methyl sites for hydroxylation is 2. The highest BCUT2D eigenvalue weighted by Crippen LogP contribution is 2.31. The third-order valence-corrected chi connectivity index (χ3v) is 6.35. The molecule has 2 aromatic carbocycles. The van der Waals surface area contributed by atoms with E-state index >= 15 is 0 Å². The summed E-state index contributed by atoms with van der Waals surface area (Å²) in [5.74, 6) is 0.0207. The summed E-state index contributed by atoms with van der Waals surface area (Å²) in [5, 5.41) is 0.780. The molecule has 2 heterocycles. The van der Waals surface area contributed by atoms with Gasteiger partial charge >= 0.3 is 0 Å². The van der Waals surface area contributed by atoms with E-state index in [9.17, 15) is 4.79 Å². The lowest BCUT2D eigenvalue weighted by Gasteiger charge is -2.27. The fraction of sp³-hybridized carbons (Fsp3) is 0.391. The smallest absolute Gasteiger partial charge is 0.260 e. The monoisotopic (exact) mass is 445 g/mol. The number of ether oxygens (including phenoxy) is 1. The molecule has 0 atom stereocenters. The molecule has 0 saturated carbocycles. The number of morpholine rings is 1. The molecule has 0 spiro atoms. The van der Waals surface area contributed by atoms with Gasteiger partial charge < -0.3 is 4.74 Å². The molecular formula is C23H28ClN3O2S. The predicted octanol–water partition coefficient (Wildman–Crippen LogP) is 4.70. The third-order valence-electron chi connectivity index (χ3n) is 5.31. The molecule has 1 saturated heterocycles. The van der Waals surface area contributed by atoms with Crippen LogP contribution in [0.3, 0.4) is 0 Å². The molecule has 0 radical (unpaired) electrons. The molecule has 0 unspecified atom stereocenters. The Bertz CT molecular complexity index is 1000. The Morgan fingerprint density at radius 3 is 2.67 bits per heavy atom. The van der Waals surface area contributed by atoms with E-state index in [1.54, 1.807) is 11.3 Å². The first-order valence-electron chi connectivity index (χ1n) is 10.2. The van der Waals surface area contributed by atoms with Gasteiger partial charge in [-0.2, -0.15) is 0 Å². The minimum Gasteiger partial charge on any atom is -0.379 e. The number of hydrogen-bond acceptors (Lipinski definition) is 5. The molecule has 1 aliphatic rings. The second-order valence-corrected chi connectivity index (χ2v) is 8.56. The van der Waals surface area contributed by atoms with Crippen molar-refractivity contribution in [2.75, 3.05) is 44.3 Å². The van der Waals surface area contributed by atoms with E-state index in [1.165, 1.54) is 0 Å². The van der Waals surface area contributed by atoms with Crippen molar-refractivity contribution in [1.29, 1.82) is 0 Å². The van der Waals surface area contributed by atoms with E-state index in [0.717, 1.165) is 65.7 Å². The maximum Gasteiger partial charge on any atom is 0.260 e. The highest BCUT2D eigenvalue weighted by atomic mass is 35.5. The number of carbonyl (C=O) groups is 1. The number of carbonyl (C=O) groups excluding carboxylic acids is 1. The summed E-state index contributed by atoms with van der Waals surface area (Å²) in [5.41, 5.74) is 3.93. The van der Waals surface area contributed by atoms with Gasteiger partial charge in [-0.05, 0) is 44.0 Å². The summed E-state index contributed by atoms with van der Waals surface area (Å²) in [4.78, 5) is 22.5. The lowest BCUT2D eigenvalue weighted by molar-refractivity contribution is 0.0376. The molecule has 160 valence electrons. The molecule has 30 heavy (non-hydrogen) atoms. The van der Waals surface area contributed by atoms with Gasteiger partial charge in [0.2, 0.25) is 0 Å². The Labute approximate surface area is 188 Å². The van der Waals surface area contributed by atoms with Gasteiger partial charge in [-0.25, -0.2) is 4.98 Å². The molecular weight excluding hydrogens is 418 g/mol. The third kappa shape index (κ3) is 5.19. The van der Waals surface area contributed by atoms with E-state index in [0.29, 0.717) is 12.1 Å². The van der Waals surface area contributed by atoms with Crippen molar-refractivity contribution in [1.82, 2.24) is 9.88 Å². The summed E-state index contributed by atoms with van der Waals surface area (Å²) >= 11 is 1.59. The quantitative estimate of drug-likeness (QED) is 0.551. The first-order chi connectivity index (χ1) is 14.1. The van der Waals surface area contributed by atoms with Crippen LogP contribution in [0.4, 0.5) is 5.13 Å². The van der Waals surface area contributed by atoms with Gasteiger partial charge in [0, 0.05) is 31.7 Å². The molecule has 4 rings (SSSR count). The fourth-order valence-corrected chi connectivity index (χ4v) is 4.75. The summed E-state index contributed by atoms with van der Waals surface area (Å²) in [6, 6.07) is 14.0. The average Bonchev–Trinajstić information content (AvgIpc) is 3.17. The van der Waals surface area contributed by atoms with Gasteiger partial charge in [0.25, 0.3) is 5.91 Å². The van der Waals surface area contributed by atoms with Crippen LogP contribution in [0.1, 0.15) is 27.9 Å². The minimum absolute atomic E-state index is 0. The Kier molecular flexibility index (Phi) is 7.83. The first kappa shape index (κ1) is 22.7. The van der Waals surface area contributed by atoms with E-state index in [4.69, 9.17) is 9.72 Å². The van der Waals surface area contributed by atoms with Crippen molar-refractivity contribution in [2.45, 2.75) is 20.3 Å². The SMILES string of the molecule is Cc1cccc(C(=O)N(CCCN2CCOCC2)c2nc3c(C)cccc3s2)c1.Cl. The standard InChI is InChI=1S/C23H27N3O2S.ClH/c1-17-6-3-8-19(16-17)22(27)26(11-5-10-25-12-14-28-15-13-25)23-24-21-18(2)7-4-9-20(21)29-23;/h3-4,6-9,16H,5,10-15H2,1-2H3;1H. The summed E-state index contributed by atoms with van der Waals surface area (Å²) in [6.07, 6.45) is 0.909. The molecule has 1 fully saturated rings. The number of amides is 1. The lowest BCUT2D eigenvalue weighted by Crippen LogP contribution is -2.39. The van der Waals surface area contributed by atoms with Crippen LogP contribution >= 0.6 is 23.7 Å². The van der Waals surface area contributed by atoms with Crippen LogP contribution in [0.2, 0.25) is 0 Å². The molecule has 5 nitrogen and oxygen atoms in total. The zero-order chi connectivity index (χ0) is 20.2. The maximum atomic E-state index is 13.4. The van der Waals surface area contributed by atoms with Crippen molar-refractivity contribution in [2.24, 2.45) is 0 Å². The Morgan fingerprint density at radius 2 is 1.93 bits per heavy atom. The van der Waals surface area contributed by atoms with Crippen molar-refractivity contribution >= 4 is 45.0 Å². The Hall–Kier alpha value is -1.99. The number of benzene rings is 2. The molecule has 7 heteroatoms. The fourth-order valence-electron chi connectivity index (χ4n) is 3.69. The number of thiazole rings is 1. The number of fused-ring (bicyclic) bond motifs is 1. The Morgan fingerprint density at radius 1 is 1.17 bits per heavy atom. The van der Waals surface area contributed by atoms with Gasteiger partial charge in [0.15, 0.2) is 5.13 Å². The van der Waals surface area contributed by atoms with Gasteiger partial charge in [0.05, 0.1) is 23.4 Å². The van der Waals surface area contributed by atoms with E-state index in [2.05, 4.69) is 24.0 Å². The number of halogens is 1. The van der Waals surface area contributed by atoms with Crippen LogP contribution in [-0.4, -0.2) is 55.2 Å². The zero-order valence-corrected chi connectivity index (χ0v) is 19.1. The number of anilines is 1. The van der Waals surface area contributed by atoms with Crippen LogP contribution in [0, 0.1) is 13.8 Å². The van der Waals surface area contributed by atoms with Crippen LogP contribution in [0.25, 0.3) is 10.2 Å². The second-order valence-electron chi connectivity index (χ2n) is 7.55. The first-order valence-corrected chi connectivity index (χ1v) is 11.0. The normalized spacial score (nSPS) is 14.5. The topological polar surface area (TPSA) is 45.7 Å². The lowest BCUT2D eigenvalue weighted by atomic mass is 10.1. The molecule has 0 aliphatic carbocycles. The summed E-state index contributed by atoms with van der Waals surface area (Å²) < 4.78 is 6.55. The van der Waals surface area contributed by atoms with Gasteiger partial charge in [-0.3, -0.25) is 14.6 Å². The molecule has 1 aromatic heterocycles. The molecule has 3 aromatic rings. The molecule has 1 amide bonds. The van der Waals surface area contributed by atoms with E-state index in [-0.39, 0.29) is 18.3 Å². The number of aromatic nitrogens is 1. The second kappa shape index (κ2) is 10.4. The van der Waals surface area contributed by atoms with Gasteiger partial charge in [-0.1, -0.05) is 41.2 Å². The minimum atomic E-state index is 0. The highest BCUT2D eigenvalue weighted by molar-refractivity contribution is 7.22. The molecule has 0 bridgehead atoms. The Balaban J connectivity index is 0.00000256. The van der Waals surface area contributed by atoms with Gasteiger partial charge in [-0.15, -0.1) is 12.4 Å². The number of hydrogen-bond donors (Lipinski definition) is 0.